The summed E-state index contributed by atoms with van der Waals surface area (Å²) in [5, 5.41) is 9.14. The predicted molar refractivity (Wildman–Crippen MR) is 82.4 cm³/mol. The molecule has 0 saturated heterocycles. The number of halogens is 1. The molecule has 0 unspecified atom stereocenters. The van der Waals surface area contributed by atoms with Gasteiger partial charge in [-0.25, -0.2) is 14.5 Å². The number of ether oxygens (including phenoxy) is 2. The van der Waals surface area contributed by atoms with E-state index in [1.165, 1.54) is 0 Å². The highest BCUT2D eigenvalue weighted by Crippen LogP contribution is 2.13. The van der Waals surface area contributed by atoms with Gasteiger partial charge in [0, 0.05) is 22.5 Å². The molecular formula is C14H20BrNO6. The van der Waals surface area contributed by atoms with Crippen molar-refractivity contribution in [2.24, 2.45) is 5.92 Å². The van der Waals surface area contributed by atoms with Crippen LogP contribution < -0.4 is 0 Å². The Labute approximate surface area is 138 Å². The number of carboxylic acid groups (broad SMARTS) is 1. The van der Waals surface area contributed by atoms with Crippen LogP contribution in [0.3, 0.4) is 0 Å². The second-order valence-corrected chi connectivity index (χ2v) is 5.71. The summed E-state index contributed by atoms with van der Waals surface area (Å²) in [6.07, 6.45) is -2.61. The molecule has 2 amide bonds. The van der Waals surface area contributed by atoms with Gasteiger partial charge in [0.1, 0.15) is 5.60 Å². The number of amides is 2. The molecule has 0 aromatic heterocycles. The van der Waals surface area contributed by atoms with Gasteiger partial charge in [0.2, 0.25) is 0 Å². The number of esters is 1. The van der Waals surface area contributed by atoms with Gasteiger partial charge in [0.15, 0.2) is 0 Å². The first-order chi connectivity index (χ1) is 10.1. The predicted octanol–water partition coefficient (Wildman–Crippen LogP) is 2.83. The Hall–Kier alpha value is -1.75. The maximum atomic E-state index is 11.9. The van der Waals surface area contributed by atoms with Crippen LogP contribution in [0.1, 0.15) is 34.1 Å². The Balaban J connectivity index is 5.00. The van der Waals surface area contributed by atoms with Crippen molar-refractivity contribution in [3.63, 3.8) is 0 Å². The molecule has 0 radical (unpaired) electrons. The number of hydrogen-bond acceptors (Lipinski definition) is 5. The van der Waals surface area contributed by atoms with Crippen molar-refractivity contribution in [3.05, 3.63) is 0 Å². The third-order valence-electron chi connectivity index (χ3n) is 2.22. The third kappa shape index (κ3) is 8.52. The molecule has 0 spiro atoms. The van der Waals surface area contributed by atoms with E-state index in [-0.39, 0.29) is 19.6 Å². The van der Waals surface area contributed by atoms with Gasteiger partial charge in [-0.2, -0.15) is 0 Å². The van der Waals surface area contributed by atoms with Crippen molar-refractivity contribution in [3.8, 4) is 10.8 Å². The molecule has 0 rings (SSSR count). The molecule has 0 aliphatic heterocycles. The maximum absolute atomic E-state index is 11.9. The summed E-state index contributed by atoms with van der Waals surface area (Å²) < 4.78 is 9.82. The van der Waals surface area contributed by atoms with Crippen LogP contribution >= 0.6 is 15.9 Å². The molecule has 0 aromatic rings. The number of carbonyl (C=O) groups excluding carboxylic acids is 2. The lowest BCUT2D eigenvalue weighted by Crippen LogP contribution is -2.42. The lowest BCUT2D eigenvalue weighted by molar-refractivity contribution is -0.143. The minimum atomic E-state index is -1.47. The van der Waals surface area contributed by atoms with E-state index in [0.29, 0.717) is 4.90 Å². The fourth-order valence-electron chi connectivity index (χ4n) is 1.43. The minimum Gasteiger partial charge on any atom is -0.466 e. The Morgan fingerprint density at radius 2 is 1.91 bits per heavy atom. The zero-order chi connectivity index (χ0) is 17.3. The van der Waals surface area contributed by atoms with Crippen molar-refractivity contribution in [2.45, 2.75) is 39.7 Å². The lowest BCUT2D eigenvalue weighted by atomic mass is 10.1. The molecule has 0 fully saturated rings. The number of imide groups is 1. The van der Waals surface area contributed by atoms with E-state index in [0.717, 1.165) is 0 Å². The first-order valence-electron chi connectivity index (χ1n) is 6.61. The van der Waals surface area contributed by atoms with E-state index in [9.17, 15) is 14.4 Å². The molecule has 7 nitrogen and oxygen atoms in total. The molecule has 0 bridgehead atoms. The van der Waals surface area contributed by atoms with E-state index in [1.54, 1.807) is 27.7 Å². The highest BCUT2D eigenvalue weighted by molar-refractivity contribution is 9.12. The van der Waals surface area contributed by atoms with Gasteiger partial charge in [0.25, 0.3) is 0 Å². The second kappa shape index (κ2) is 9.30. The van der Waals surface area contributed by atoms with Crippen LogP contribution in [0.15, 0.2) is 0 Å². The molecule has 0 aromatic carbocycles. The first-order valence-corrected chi connectivity index (χ1v) is 7.40. The monoisotopic (exact) mass is 377 g/mol. The van der Waals surface area contributed by atoms with Crippen molar-refractivity contribution in [1.82, 2.24) is 4.90 Å². The SMILES string of the molecule is CCOC(=O)C[C@@H](C#CBr)CN(C(=O)O)C(=O)OC(C)(C)C. The van der Waals surface area contributed by atoms with Crippen molar-refractivity contribution < 1.29 is 29.0 Å². The zero-order valence-corrected chi connectivity index (χ0v) is 14.6. The van der Waals surface area contributed by atoms with Crippen LogP contribution in [0.2, 0.25) is 0 Å². The molecule has 0 heterocycles. The average molecular weight is 378 g/mol. The summed E-state index contributed by atoms with van der Waals surface area (Å²) in [7, 11) is 0. The molecular weight excluding hydrogens is 358 g/mol. The van der Waals surface area contributed by atoms with Gasteiger partial charge in [0.05, 0.1) is 18.9 Å². The van der Waals surface area contributed by atoms with Crippen LogP contribution in [0.5, 0.6) is 0 Å². The van der Waals surface area contributed by atoms with Gasteiger partial charge in [-0.05, 0) is 32.5 Å². The van der Waals surface area contributed by atoms with Crippen molar-refractivity contribution >= 4 is 34.1 Å². The Morgan fingerprint density at radius 3 is 2.32 bits per heavy atom. The standard InChI is InChI=1S/C14H20BrNO6/c1-5-21-11(17)8-10(6-7-15)9-16(12(18)19)13(20)22-14(2,3)4/h10H,5,8-9H2,1-4H3,(H,18,19)/t10-/m1/s1. The topological polar surface area (TPSA) is 93.1 Å². The van der Waals surface area contributed by atoms with E-state index in [2.05, 4.69) is 26.7 Å². The molecule has 0 saturated carbocycles. The zero-order valence-electron chi connectivity index (χ0n) is 13.0. The molecule has 22 heavy (non-hydrogen) atoms. The van der Waals surface area contributed by atoms with Crippen LogP contribution in [0, 0.1) is 16.7 Å². The van der Waals surface area contributed by atoms with Gasteiger partial charge in [-0.3, -0.25) is 4.79 Å². The smallest absolute Gasteiger partial charge is 0.419 e. The number of hydrogen-bond donors (Lipinski definition) is 1. The van der Waals surface area contributed by atoms with Crippen molar-refractivity contribution in [1.29, 1.82) is 0 Å². The molecule has 0 aliphatic carbocycles. The van der Waals surface area contributed by atoms with Crippen LogP contribution in [0.25, 0.3) is 0 Å². The average Bonchev–Trinajstić information content (AvgIpc) is 2.33. The van der Waals surface area contributed by atoms with E-state index in [1.807, 2.05) is 0 Å². The van der Waals surface area contributed by atoms with E-state index in [4.69, 9.17) is 14.6 Å². The highest BCUT2D eigenvalue weighted by Gasteiger charge is 2.29. The van der Waals surface area contributed by atoms with Gasteiger partial charge in [-0.1, -0.05) is 5.92 Å². The lowest BCUT2D eigenvalue weighted by Gasteiger charge is -2.25. The number of nitrogens with zero attached hydrogens (tertiary/aromatic N) is 1. The Bertz CT molecular complexity index is 474. The molecule has 1 atom stereocenters. The van der Waals surface area contributed by atoms with Crippen LogP contribution in [-0.2, 0) is 14.3 Å². The first kappa shape index (κ1) is 20.2. The third-order valence-corrected chi connectivity index (χ3v) is 2.45. The van der Waals surface area contributed by atoms with Gasteiger partial charge < -0.3 is 14.6 Å². The summed E-state index contributed by atoms with van der Waals surface area (Å²) in [6, 6.07) is 0. The molecule has 0 aliphatic rings. The molecule has 8 heteroatoms. The summed E-state index contributed by atoms with van der Waals surface area (Å²) in [5.74, 6) is 1.42. The quantitative estimate of drug-likeness (QED) is 0.584. The van der Waals surface area contributed by atoms with E-state index < -0.39 is 29.7 Å². The maximum Gasteiger partial charge on any atom is 0.419 e. The summed E-state index contributed by atoms with van der Waals surface area (Å²) in [4.78, 5) is 37.5. The summed E-state index contributed by atoms with van der Waals surface area (Å²) in [5.41, 5.74) is -0.831. The highest BCUT2D eigenvalue weighted by atomic mass is 79.9. The largest absolute Gasteiger partial charge is 0.466 e. The Morgan fingerprint density at radius 1 is 1.32 bits per heavy atom. The fourth-order valence-corrected chi connectivity index (χ4v) is 1.75. The fraction of sp³-hybridized carbons (Fsp3) is 0.643. The van der Waals surface area contributed by atoms with Gasteiger partial charge in [-0.15, -0.1) is 0 Å². The Kier molecular flexibility index (Phi) is 8.56. The molecule has 124 valence electrons. The van der Waals surface area contributed by atoms with Crippen LogP contribution in [0.4, 0.5) is 9.59 Å². The van der Waals surface area contributed by atoms with Gasteiger partial charge >= 0.3 is 18.2 Å². The normalized spacial score (nSPS) is 11.7. The minimum absolute atomic E-state index is 0.126. The van der Waals surface area contributed by atoms with Crippen LogP contribution in [-0.4, -0.2) is 46.9 Å². The van der Waals surface area contributed by atoms with Crippen molar-refractivity contribution in [2.75, 3.05) is 13.2 Å². The second-order valence-electron chi connectivity index (χ2n) is 5.32. The number of rotatable bonds is 5. The number of carbonyl (C=O) groups is 3. The summed E-state index contributed by atoms with van der Waals surface area (Å²) >= 11 is 2.90. The van der Waals surface area contributed by atoms with E-state index >= 15 is 0 Å². The summed E-state index contributed by atoms with van der Waals surface area (Å²) in [6.45, 7) is 6.45. The molecule has 1 N–H and O–H groups in total.